The molecule has 0 bridgehead atoms. The fourth-order valence-corrected chi connectivity index (χ4v) is 3.42. The Morgan fingerprint density at radius 2 is 2.00 bits per heavy atom. The third-order valence-corrected chi connectivity index (χ3v) is 4.79. The third-order valence-electron chi connectivity index (χ3n) is 4.79. The van der Waals surface area contributed by atoms with E-state index in [0.29, 0.717) is 18.4 Å². The fraction of sp³-hybridized carbons (Fsp3) is 0.765. The maximum absolute atomic E-state index is 9.00. The quantitative estimate of drug-likeness (QED) is 0.716. The largest absolute Gasteiger partial charge is 0.395 e. The van der Waals surface area contributed by atoms with Crippen LogP contribution in [0.1, 0.15) is 50.1 Å². The summed E-state index contributed by atoms with van der Waals surface area (Å²) in [5.74, 6) is 2.58. The molecule has 1 aliphatic carbocycles. The van der Waals surface area contributed by atoms with Crippen molar-refractivity contribution >= 4 is 11.8 Å². The second kappa shape index (κ2) is 8.45. The average molecular weight is 320 g/mol. The smallest absolute Gasteiger partial charge is 0.224 e. The van der Waals surface area contributed by atoms with E-state index < -0.39 is 0 Å². The third kappa shape index (κ3) is 4.78. The number of ether oxygens (including phenoxy) is 1. The molecule has 1 saturated heterocycles. The van der Waals surface area contributed by atoms with E-state index in [4.69, 9.17) is 9.84 Å². The topological polar surface area (TPSA) is 79.3 Å². The van der Waals surface area contributed by atoms with Crippen LogP contribution in [0.2, 0.25) is 0 Å². The van der Waals surface area contributed by atoms with Crippen LogP contribution in [0, 0.1) is 5.92 Å². The minimum Gasteiger partial charge on any atom is -0.395 e. The van der Waals surface area contributed by atoms with Crippen LogP contribution in [0.4, 0.5) is 11.8 Å². The molecule has 3 rings (SSSR count). The van der Waals surface area contributed by atoms with Gasteiger partial charge in [-0.3, -0.25) is 0 Å². The Bertz CT molecular complexity index is 485. The summed E-state index contributed by atoms with van der Waals surface area (Å²) in [5, 5.41) is 15.6. The van der Waals surface area contributed by atoms with Crippen LogP contribution in [0.5, 0.6) is 0 Å². The Labute approximate surface area is 138 Å². The van der Waals surface area contributed by atoms with Crippen LogP contribution in [0.15, 0.2) is 6.07 Å². The van der Waals surface area contributed by atoms with Gasteiger partial charge in [-0.1, -0.05) is 19.3 Å². The van der Waals surface area contributed by atoms with Crippen molar-refractivity contribution in [2.45, 2.75) is 44.4 Å². The van der Waals surface area contributed by atoms with E-state index in [9.17, 15) is 0 Å². The highest BCUT2D eigenvalue weighted by Crippen LogP contribution is 2.27. The number of nitrogens with one attached hydrogen (secondary N) is 2. The van der Waals surface area contributed by atoms with Crippen LogP contribution >= 0.6 is 0 Å². The Hall–Kier alpha value is -1.40. The molecule has 2 fully saturated rings. The molecule has 0 aromatic carbocycles. The van der Waals surface area contributed by atoms with Crippen LogP contribution in [-0.2, 0) is 4.74 Å². The zero-order valence-corrected chi connectivity index (χ0v) is 13.8. The van der Waals surface area contributed by atoms with Gasteiger partial charge in [0.15, 0.2) is 0 Å². The minimum atomic E-state index is 0.0744. The number of hydrogen-bond acceptors (Lipinski definition) is 6. The molecule has 0 spiro atoms. The van der Waals surface area contributed by atoms with Gasteiger partial charge in [-0.25, -0.2) is 4.98 Å². The first-order valence-corrected chi connectivity index (χ1v) is 8.90. The number of aromatic nitrogens is 2. The van der Waals surface area contributed by atoms with E-state index in [1.54, 1.807) is 0 Å². The fourth-order valence-electron chi connectivity index (χ4n) is 3.42. The van der Waals surface area contributed by atoms with Crippen LogP contribution in [-0.4, -0.2) is 48.0 Å². The van der Waals surface area contributed by atoms with E-state index in [-0.39, 0.29) is 6.61 Å². The summed E-state index contributed by atoms with van der Waals surface area (Å²) in [7, 11) is 0. The summed E-state index contributed by atoms with van der Waals surface area (Å²) in [6.45, 7) is 3.06. The molecule has 1 aliphatic heterocycles. The predicted octanol–water partition coefficient (Wildman–Crippen LogP) is 2.38. The van der Waals surface area contributed by atoms with Crippen molar-refractivity contribution in [3.8, 4) is 0 Å². The van der Waals surface area contributed by atoms with Crippen molar-refractivity contribution in [3.05, 3.63) is 11.8 Å². The zero-order chi connectivity index (χ0) is 15.9. The Morgan fingerprint density at radius 3 is 2.74 bits per heavy atom. The van der Waals surface area contributed by atoms with Gasteiger partial charge >= 0.3 is 0 Å². The zero-order valence-electron chi connectivity index (χ0n) is 13.8. The van der Waals surface area contributed by atoms with Gasteiger partial charge < -0.3 is 20.5 Å². The summed E-state index contributed by atoms with van der Waals surface area (Å²) < 4.78 is 5.49. The van der Waals surface area contributed by atoms with Crippen LogP contribution < -0.4 is 10.6 Å². The lowest BCUT2D eigenvalue weighted by atomic mass is 9.89. The monoisotopic (exact) mass is 320 g/mol. The van der Waals surface area contributed by atoms with E-state index in [1.807, 2.05) is 0 Å². The van der Waals surface area contributed by atoms with Gasteiger partial charge in [0.05, 0.1) is 18.9 Å². The molecular weight excluding hydrogens is 292 g/mol. The van der Waals surface area contributed by atoms with Gasteiger partial charge in [0.1, 0.15) is 5.82 Å². The van der Waals surface area contributed by atoms with Crippen molar-refractivity contribution in [1.29, 1.82) is 0 Å². The summed E-state index contributed by atoms with van der Waals surface area (Å²) in [4.78, 5) is 9.14. The maximum Gasteiger partial charge on any atom is 0.224 e. The van der Waals surface area contributed by atoms with Crippen molar-refractivity contribution in [1.82, 2.24) is 9.97 Å². The lowest BCUT2D eigenvalue weighted by molar-refractivity contribution is 0.193. The van der Waals surface area contributed by atoms with Crippen LogP contribution in [0.25, 0.3) is 0 Å². The number of aliphatic hydroxyl groups is 1. The van der Waals surface area contributed by atoms with Crippen molar-refractivity contribution < 1.29 is 9.84 Å². The standard InChI is InChI=1S/C17H28N4O2/c22-8-7-18-17-20-15(14-6-9-23-12-14)10-16(21-17)19-11-13-4-2-1-3-5-13/h10,13-14,22H,1-9,11-12H2,(H2,18,19,20,21)/t14-/m0/s1. The molecule has 1 atom stereocenters. The molecule has 6 nitrogen and oxygen atoms in total. The molecular formula is C17H28N4O2. The average Bonchev–Trinajstić information content (AvgIpc) is 3.14. The second-order valence-electron chi connectivity index (χ2n) is 6.60. The van der Waals surface area contributed by atoms with Crippen molar-refractivity contribution in [2.24, 2.45) is 5.92 Å². The molecule has 23 heavy (non-hydrogen) atoms. The normalized spacial score (nSPS) is 22.2. The highest BCUT2D eigenvalue weighted by atomic mass is 16.5. The summed E-state index contributed by atoms with van der Waals surface area (Å²) in [5.41, 5.74) is 1.03. The summed E-state index contributed by atoms with van der Waals surface area (Å²) >= 11 is 0. The van der Waals surface area contributed by atoms with Crippen molar-refractivity contribution in [3.63, 3.8) is 0 Å². The first-order chi connectivity index (χ1) is 11.3. The number of rotatable bonds is 7. The second-order valence-corrected chi connectivity index (χ2v) is 6.60. The van der Waals surface area contributed by atoms with Gasteiger partial charge in [-0.05, 0) is 25.2 Å². The molecule has 2 aliphatic rings. The first kappa shape index (κ1) is 16.5. The molecule has 6 heteroatoms. The lowest BCUT2D eigenvalue weighted by Crippen LogP contribution is -2.19. The van der Waals surface area contributed by atoms with E-state index in [2.05, 4.69) is 26.7 Å². The molecule has 1 aromatic rings. The lowest BCUT2D eigenvalue weighted by Gasteiger charge is -2.22. The first-order valence-electron chi connectivity index (χ1n) is 8.90. The van der Waals surface area contributed by atoms with Gasteiger partial charge in [0, 0.05) is 31.7 Å². The van der Waals surface area contributed by atoms with Gasteiger partial charge in [0.2, 0.25) is 5.95 Å². The molecule has 1 aromatic heterocycles. The van der Waals surface area contributed by atoms with Gasteiger partial charge in [0.25, 0.3) is 0 Å². The molecule has 0 unspecified atom stereocenters. The Balaban J connectivity index is 1.67. The van der Waals surface area contributed by atoms with Gasteiger partial charge in [-0.15, -0.1) is 0 Å². The molecule has 0 radical (unpaired) electrons. The van der Waals surface area contributed by atoms with E-state index >= 15 is 0 Å². The number of hydrogen-bond donors (Lipinski definition) is 3. The Morgan fingerprint density at radius 1 is 1.13 bits per heavy atom. The molecule has 2 heterocycles. The molecule has 1 saturated carbocycles. The molecule has 3 N–H and O–H groups in total. The summed E-state index contributed by atoms with van der Waals surface area (Å²) in [6.07, 6.45) is 7.73. The van der Waals surface area contributed by atoms with E-state index in [1.165, 1.54) is 32.1 Å². The van der Waals surface area contributed by atoms with Crippen molar-refractivity contribution in [2.75, 3.05) is 43.5 Å². The maximum atomic E-state index is 9.00. The number of anilines is 2. The predicted molar refractivity (Wildman–Crippen MR) is 90.8 cm³/mol. The summed E-state index contributed by atoms with van der Waals surface area (Å²) in [6, 6.07) is 2.06. The number of nitrogens with zero attached hydrogens (tertiary/aromatic N) is 2. The van der Waals surface area contributed by atoms with Gasteiger partial charge in [-0.2, -0.15) is 4.98 Å². The number of aliphatic hydroxyl groups excluding tert-OH is 1. The minimum absolute atomic E-state index is 0.0744. The van der Waals surface area contributed by atoms with Crippen LogP contribution in [0.3, 0.4) is 0 Å². The van der Waals surface area contributed by atoms with E-state index in [0.717, 1.165) is 43.6 Å². The highest BCUT2D eigenvalue weighted by Gasteiger charge is 2.21. The SMILES string of the molecule is OCCNc1nc(NCC2CCCCC2)cc([C@H]2CCOC2)n1. The molecule has 128 valence electrons. The highest BCUT2D eigenvalue weighted by molar-refractivity contribution is 5.43. The Kier molecular flexibility index (Phi) is 6.05. The molecule has 0 amide bonds.